The van der Waals surface area contributed by atoms with Gasteiger partial charge in [-0.3, -0.25) is 4.68 Å². The number of likely N-dealkylation sites (tertiary alicyclic amines) is 1. The summed E-state index contributed by atoms with van der Waals surface area (Å²) in [7, 11) is 6.45. The summed E-state index contributed by atoms with van der Waals surface area (Å²) in [5.74, 6) is 2.02. The van der Waals surface area contributed by atoms with Crippen LogP contribution in [0.1, 0.15) is 31.0 Å². The third-order valence-electron chi connectivity index (χ3n) is 4.57. The van der Waals surface area contributed by atoms with E-state index >= 15 is 0 Å². The summed E-state index contributed by atoms with van der Waals surface area (Å²) in [6.45, 7) is 7.70. The van der Waals surface area contributed by atoms with Crippen LogP contribution in [-0.4, -0.2) is 54.5 Å². The van der Waals surface area contributed by atoms with Crippen LogP contribution >= 0.6 is 0 Å². The van der Waals surface area contributed by atoms with Crippen LogP contribution in [0.3, 0.4) is 0 Å². The molecule has 0 aliphatic carbocycles. The van der Waals surface area contributed by atoms with E-state index in [1.54, 1.807) is 0 Å². The lowest BCUT2D eigenvalue weighted by atomic mass is 9.96. The zero-order valence-corrected chi connectivity index (χ0v) is 14.3. The Labute approximate surface area is 129 Å². The highest BCUT2D eigenvalue weighted by Gasteiger charge is 2.22. The molecule has 1 saturated heterocycles. The molecule has 120 valence electrons. The first-order chi connectivity index (χ1) is 9.88. The van der Waals surface area contributed by atoms with Gasteiger partial charge in [0.2, 0.25) is 0 Å². The molecule has 2 heterocycles. The Morgan fingerprint density at radius 3 is 2.52 bits per heavy atom. The van der Waals surface area contributed by atoms with Gasteiger partial charge in [0, 0.05) is 32.2 Å². The van der Waals surface area contributed by atoms with Crippen LogP contribution in [0, 0.1) is 12.8 Å². The van der Waals surface area contributed by atoms with Crippen molar-refractivity contribution in [3.05, 3.63) is 11.3 Å². The molecule has 1 aromatic heterocycles. The zero-order chi connectivity index (χ0) is 15.6. The van der Waals surface area contributed by atoms with Gasteiger partial charge in [0.1, 0.15) is 5.82 Å². The van der Waals surface area contributed by atoms with Gasteiger partial charge in [-0.1, -0.05) is 0 Å². The van der Waals surface area contributed by atoms with Crippen molar-refractivity contribution in [2.24, 2.45) is 18.7 Å². The molecule has 1 aromatic rings. The van der Waals surface area contributed by atoms with Gasteiger partial charge in [-0.15, -0.1) is 0 Å². The van der Waals surface area contributed by atoms with Crippen molar-refractivity contribution in [2.45, 2.75) is 39.2 Å². The summed E-state index contributed by atoms with van der Waals surface area (Å²) in [5, 5.41) is 4.60. The lowest BCUT2D eigenvalue weighted by Gasteiger charge is -2.32. The maximum atomic E-state index is 6.01. The van der Waals surface area contributed by atoms with Crippen LogP contribution in [0.4, 0.5) is 5.82 Å². The average molecular weight is 293 g/mol. The lowest BCUT2D eigenvalue weighted by molar-refractivity contribution is 0.222. The van der Waals surface area contributed by atoms with E-state index in [2.05, 4.69) is 42.8 Å². The van der Waals surface area contributed by atoms with Crippen molar-refractivity contribution in [3.63, 3.8) is 0 Å². The minimum Gasteiger partial charge on any atom is -0.359 e. The molecule has 5 nitrogen and oxygen atoms in total. The van der Waals surface area contributed by atoms with Gasteiger partial charge >= 0.3 is 0 Å². The molecule has 1 fully saturated rings. The minimum atomic E-state index is 0.170. The van der Waals surface area contributed by atoms with Crippen LogP contribution < -0.4 is 10.6 Å². The zero-order valence-electron chi connectivity index (χ0n) is 14.3. The fraction of sp³-hybridized carbons (Fsp3) is 0.812. The molecule has 0 radical (unpaired) electrons. The van der Waals surface area contributed by atoms with Crippen LogP contribution in [0.2, 0.25) is 0 Å². The monoisotopic (exact) mass is 293 g/mol. The van der Waals surface area contributed by atoms with Crippen LogP contribution in [0.5, 0.6) is 0 Å². The second kappa shape index (κ2) is 6.79. The molecule has 0 spiro atoms. The fourth-order valence-electron chi connectivity index (χ4n) is 3.45. The van der Waals surface area contributed by atoms with Gasteiger partial charge in [-0.25, -0.2) is 0 Å². The number of nitrogens with two attached hydrogens (primary N) is 1. The third-order valence-corrected chi connectivity index (χ3v) is 4.57. The van der Waals surface area contributed by atoms with Gasteiger partial charge in [-0.05, 0) is 59.2 Å². The normalized spacial score (nSPS) is 19.0. The highest BCUT2D eigenvalue weighted by atomic mass is 15.4. The van der Waals surface area contributed by atoms with Crippen molar-refractivity contribution in [1.82, 2.24) is 14.7 Å². The van der Waals surface area contributed by atoms with E-state index in [4.69, 9.17) is 5.73 Å². The van der Waals surface area contributed by atoms with E-state index < -0.39 is 0 Å². The van der Waals surface area contributed by atoms with Crippen molar-refractivity contribution in [1.29, 1.82) is 0 Å². The number of nitrogens with zero attached hydrogens (tertiary/aromatic N) is 4. The maximum Gasteiger partial charge on any atom is 0.129 e. The summed E-state index contributed by atoms with van der Waals surface area (Å²) >= 11 is 0. The predicted molar refractivity (Wildman–Crippen MR) is 88.8 cm³/mol. The molecule has 0 aromatic carbocycles. The highest BCUT2D eigenvalue weighted by Crippen LogP contribution is 2.26. The Hall–Kier alpha value is -1.07. The Bertz CT molecular complexity index is 457. The van der Waals surface area contributed by atoms with Gasteiger partial charge in [-0.2, -0.15) is 5.10 Å². The third kappa shape index (κ3) is 3.98. The first kappa shape index (κ1) is 16.3. The molecule has 2 N–H and O–H groups in total. The largest absolute Gasteiger partial charge is 0.359 e. The Morgan fingerprint density at radius 1 is 1.33 bits per heavy atom. The molecule has 2 rings (SSSR count). The van der Waals surface area contributed by atoms with Crippen molar-refractivity contribution >= 4 is 5.82 Å². The second-order valence-corrected chi connectivity index (χ2v) is 6.82. The number of piperidine rings is 1. The summed E-state index contributed by atoms with van der Waals surface area (Å²) in [6.07, 6.45) is 3.48. The van der Waals surface area contributed by atoms with Crippen LogP contribution in [0.25, 0.3) is 0 Å². The number of rotatable bonds is 5. The summed E-state index contributed by atoms with van der Waals surface area (Å²) in [4.78, 5) is 4.81. The highest BCUT2D eigenvalue weighted by molar-refractivity contribution is 5.50. The van der Waals surface area contributed by atoms with E-state index in [0.29, 0.717) is 0 Å². The average Bonchev–Trinajstić information content (AvgIpc) is 2.66. The van der Waals surface area contributed by atoms with Crippen molar-refractivity contribution in [3.8, 4) is 0 Å². The van der Waals surface area contributed by atoms with E-state index in [0.717, 1.165) is 24.6 Å². The van der Waals surface area contributed by atoms with Gasteiger partial charge in [0.15, 0.2) is 0 Å². The summed E-state index contributed by atoms with van der Waals surface area (Å²) < 4.78 is 2.02. The molecule has 1 aliphatic rings. The molecule has 0 amide bonds. The lowest BCUT2D eigenvalue weighted by Crippen LogP contribution is -2.36. The predicted octanol–water partition coefficient (Wildman–Crippen LogP) is 1.40. The van der Waals surface area contributed by atoms with E-state index in [-0.39, 0.29) is 6.04 Å². The quantitative estimate of drug-likeness (QED) is 0.891. The molecule has 0 bridgehead atoms. The molecule has 21 heavy (non-hydrogen) atoms. The number of aryl methyl sites for hydroxylation is 2. The first-order valence-corrected chi connectivity index (χ1v) is 8.06. The van der Waals surface area contributed by atoms with Crippen LogP contribution in [0.15, 0.2) is 0 Å². The minimum absolute atomic E-state index is 0.170. The molecule has 1 unspecified atom stereocenters. The number of hydrogen-bond donors (Lipinski definition) is 1. The standard InChI is InChI=1S/C16H31N5/c1-12(17)10-15-13(2)18-21(5)16(15)20(4)11-14-6-8-19(3)9-7-14/h12,14H,6-11,17H2,1-5H3. The molecular weight excluding hydrogens is 262 g/mol. The number of anilines is 1. The summed E-state index contributed by atoms with van der Waals surface area (Å²) in [6, 6.07) is 0.170. The summed E-state index contributed by atoms with van der Waals surface area (Å²) in [5.41, 5.74) is 8.43. The Kier molecular flexibility index (Phi) is 5.27. The van der Waals surface area contributed by atoms with Gasteiger partial charge < -0.3 is 15.5 Å². The van der Waals surface area contributed by atoms with E-state index in [1.807, 2.05) is 11.7 Å². The van der Waals surface area contributed by atoms with E-state index in [9.17, 15) is 0 Å². The molecule has 1 atom stereocenters. The SMILES string of the molecule is Cc1nn(C)c(N(C)CC2CCN(C)CC2)c1CC(C)N. The molecule has 0 saturated carbocycles. The van der Waals surface area contributed by atoms with Gasteiger partial charge in [0.05, 0.1) is 5.69 Å². The molecular formula is C16H31N5. The van der Waals surface area contributed by atoms with Gasteiger partial charge in [0.25, 0.3) is 0 Å². The first-order valence-electron chi connectivity index (χ1n) is 8.06. The van der Waals surface area contributed by atoms with Crippen molar-refractivity contribution in [2.75, 3.05) is 38.6 Å². The topological polar surface area (TPSA) is 50.3 Å². The number of hydrogen-bond acceptors (Lipinski definition) is 4. The fourth-order valence-corrected chi connectivity index (χ4v) is 3.45. The number of aromatic nitrogens is 2. The Morgan fingerprint density at radius 2 is 1.95 bits per heavy atom. The van der Waals surface area contributed by atoms with E-state index in [1.165, 1.54) is 37.3 Å². The second-order valence-electron chi connectivity index (χ2n) is 6.82. The maximum absolute atomic E-state index is 6.01. The molecule has 1 aliphatic heterocycles. The molecule has 5 heteroatoms. The van der Waals surface area contributed by atoms with Crippen LogP contribution in [-0.2, 0) is 13.5 Å². The Balaban J connectivity index is 2.09. The smallest absolute Gasteiger partial charge is 0.129 e. The van der Waals surface area contributed by atoms with Crippen molar-refractivity contribution < 1.29 is 0 Å².